The van der Waals surface area contributed by atoms with Crippen LogP contribution < -0.4 is 5.32 Å². The first kappa shape index (κ1) is 15.8. The van der Waals surface area contributed by atoms with E-state index in [1.807, 2.05) is 0 Å². The minimum absolute atomic E-state index is 0.160. The van der Waals surface area contributed by atoms with Gasteiger partial charge in [-0.2, -0.15) is 0 Å². The smallest absolute Gasteiger partial charge is 0.129 e. The summed E-state index contributed by atoms with van der Waals surface area (Å²) >= 11 is 0. The second-order valence-corrected chi connectivity index (χ2v) is 4.90. The summed E-state index contributed by atoms with van der Waals surface area (Å²) in [5, 5.41) is 3.40. The van der Waals surface area contributed by atoms with E-state index in [2.05, 4.69) is 25.7 Å². The van der Waals surface area contributed by atoms with Gasteiger partial charge in [0.05, 0.1) is 0 Å². The lowest BCUT2D eigenvalue weighted by Gasteiger charge is -2.20. The van der Waals surface area contributed by atoms with Crippen LogP contribution in [0.1, 0.15) is 38.7 Å². The minimum atomic E-state index is -0.530. The Kier molecular flexibility index (Phi) is 6.71. The molecule has 0 heterocycles. The molecule has 1 aromatic carbocycles. The van der Waals surface area contributed by atoms with Crippen LogP contribution >= 0.6 is 0 Å². The second-order valence-electron chi connectivity index (χ2n) is 4.90. The van der Waals surface area contributed by atoms with Crippen molar-refractivity contribution in [3.05, 3.63) is 47.5 Å². The maximum Gasteiger partial charge on any atom is 0.129 e. The minimum Gasteiger partial charge on any atom is -0.313 e. The fourth-order valence-electron chi connectivity index (χ4n) is 2.01. The number of rotatable bonds is 8. The van der Waals surface area contributed by atoms with Crippen LogP contribution in [0.2, 0.25) is 0 Å². The molecule has 1 aromatic rings. The Morgan fingerprint density at radius 1 is 1.32 bits per heavy atom. The number of nitrogens with one attached hydrogen (secondary N) is 1. The van der Waals surface area contributed by atoms with Crippen LogP contribution in [-0.2, 0) is 6.42 Å². The zero-order valence-electron chi connectivity index (χ0n) is 11.8. The average molecular weight is 267 g/mol. The molecule has 106 valence electrons. The van der Waals surface area contributed by atoms with Gasteiger partial charge in [0, 0.05) is 12.1 Å². The Hall–Kier alpha value is -1.22. The van der Waals surface area contributed by atoms with E-state index in [4.69, 9.17) is 0 Å². The van der Waals surface area contributed by atoms with Crippen molar-refractivity contribution in [1.29, 1.82) is 0 Å². The number of hydrogen-bond acceptors (Lipinski definition) is 1. The van der Waals surface area contributed by atoms with Gasteiger partial charge in [-0.15, -0.1) is 0 Å². The molecular weight excluding hydrogens is 244 g/mol. The van der Waals surface area contributed by atoms with E-state index in [1.165, 1.54) is 12.1 Å². The van der Waals surface area contributed by atoms with Gasteiger partial charge in [0.25, 0.3) is 0 Å². The number of benzene rings is 1. The molecule has 0 saturated heterocycles. The normalized spacial score (nSPS) is 12.4. The number of halogens is 2. The van der Waals surface area contributed by atoms with Gasteiger partial charge in [-0.25, -0.2) is 8.78 Å². The van der Waals surface area contributed by atoms with E-state index < -0.39 is 11.6 Å². The molecule has 0 bridgehead atoms. The fourth-order valence-corrected chi connectivity index (χ4v) is 2.01. The molecule has 0 aliphatic rings. The van der Waals surface area contributed by atoms with E-state index in [0.29, 0.717) is 12.0 Å². The van der Waals surface area contributed by atoms with E-state index in [-0.39, 0.29) is 6.04 Å². The lowest BCUT2D eigenvalue weighted by atomic mass is 9.98. The molecule has 0 saturated carbocycles. The monoisotopic (exact) mass is 267 g/mol. The molecule has 3 heteroatoms. The Labute approximate surface area is 114 Å². The molecular formula is C16H23F2N. The highest BCUT2D eigenvalue weighted by Gasteiger charge is 2.13. The van der Waals surface area contributed by atoms with Crippen molar-refractivity contribution < 1.29 is 8.78 Å². The quantitative estimate of drug-likeness (QED) is 0.695. The SMILES string of the molecule is C=C(CC)CC(Cc1ccc(F)cc1F)NCCC. The molecule has 0 fully saturated rings. The molecule has 0 amide bonds. The summed E-state index contributed by atoms with van der Waals surface area (Å²) < 4.78 is 26.5. The van der Waals surface area contributed by atoms with Gasteiger partial charge in [-0.3, -0.25) is 0 Å². The van der Waals surface area contributed by atoms with Crippen molar-refractivity contribution in [2.24, 2.45) is 0 Å². The first-order chi connectivity index (χ1) is 9.06. The van der Waals surface area contributed by atoms with E-state index in [0.717, 1.165) is 37.4 Å². The van der Waals surface area contributed by atoms with Crippen LogP contribution in [0.3, 0.4) is 0 Å². The molecule has 0 spiro atoms. The summed E-state index contributed by atoms with van der Waals surface area (Å²) in [4.78, 5) is 0. The van der Waals surface area contributed by atoms with Crippen molar-refractivity contribution in [3.8, 4) is 0 Å². The average Bonchev–Trinajstić information content (AvgIpc) is 2.38. The van der Waals surface area contributed by atoms with Crippen molar-refractivity contribution in [3.63, 3.8) is 0 Å². The molecule has 1 atom stereocenters. The molecule has 1 unspecified atom stereocenters. The maximum absolute atomic E-state index is 13.7. The Morgan fingerprint density at radius 2 is 2.05 bits per heavy atom. The first-order valence-corrected chi connectivity index (χ1v) is 6.90. The van der Waals surface area contributed by atoms with Crippen molar-refractivity contribution in [2.45, 2.75) is 45.6 Å². The number of hydrogen-bond donors (Lipinski definition) is 1. The van der Waals surface area contributed by atoms with Gasteiger partial charge in [-0.05, 0) is 43.9 Å². The molecule has 1 rings (SSSR count). The standard InChI is InChI=1S/C16H23F2N/c1-4-8-19-15(9-12(3)5-2)10-13-6-7-14(17)11-16(13)18/h6-7,11,15,19H,3-5,8-10H2,1-2H3. The summed E-state index contributed by atoms with van der Waals surface area (Å²) in [6.07, 6.45) is 3.34. The third-order valence-corrected chi connectivity index (χ3v) is 3.20. The molecule has 19 heavy (non-hydrogen) atoms. The fraction of sp³-hybridized carbons (Fsp3) is 0.500. The van der Waals surface area contributed by atoms with E-state index in [1.54, 1.807) is 0 Å². The Morgan fingerprint density at radius 3 is 2.63 bits per heavy atom. The molecule has 0 aromatic heterocycles. The zero-order chi connectivity index (χ0) is 14.3. The van der Waals surface area contributed by atoms with Gasteiger partial charge in [0.2, 0.25) is 0 Å². The summed E-state index contributed by atoms with van der Waals surface area (Å²) in [5.41, 5.74) is 1.70. The predicted molar refractivity (Wildman–Crippen MR) is 76.2 cm³/mol. The van der Waals surface area contributed by atoms with E-state index >= 15 is 0 Å². The maximum atomic E-state index is 13.7. The van der Waals surface area contributed by atoms with Crippen LogP contribution in [0.15, 0.2) is 30.4 Å². The van der Waals surface area contributed by atoms with Crippen molar-refractivity contribution in [1.82, 2.24) is 5.32 Å². The van der Waals surface area contributed by atoms with Gasteiger partial charge in [-0.1, -0.05) is 32.1 Å². The van der Waals surface area contributed by atoms with Crippen molar-refractivity contribution in [2.75, 3.05) is 6.54 Å². The molecule has 0 radical (unpaired) electrons. The van der Waals surface area contributed by atoms with Gasteiger partial charge in [0.1, 0.15) is 11.6 Å². The summed E-state index contributed by atoms with van der Waals surface area (Å²) in [7, 11) is 0. The molecule has 0 aliphatic heterocycles. The molecule has 0 aliphatic carbocycles. The van der Waals surface area contributed by atoms with Crippen molar-refractivity contribution >= 4 is 0 Å². The third-order valence-electron chi connectivity index (χ3n) is 3.20. The summed E-state index contributed by atoms with van der Waals surface area (Å²) in [5.74, 6) is -0.998. The highest BCUT2D eigenvalue weighted by Crippen LogP contribution is 2.16. The van der Waals surface area contributed by atoms with Crippen LogP contribution in [-0.4, -0.2) is 12.6 Å². The lowest BCUT2D eigenvalue weighted by molar-refractivity contribution is 0.485. The third kappa shape index (κ3) is 5.52. The van der Waals surface area contributed by atoms with Gasteiger partial charge in [0.15, 0.2) is 0 Å². The predicted octanol–water partition coefficient (Wildman–Crippen LogP) is 4.23. The van der Waals surface area contributed by atoms with Crippen LogP contribution in [0, 0.1) is 11.6 Å². The summed E-state index contributed by atoms with van der Waals surface area (Å²) in [6, 6.07) is 3.94. The first-order valence-electron chi connectivity index (χ1n) is 6.90. The van der Waals surface area contributed by atoms with Gasteiger partial charge < -0.3 is 5.32 Å². The Balaban J connectivity index is 2.72. The summed E-state index contributed by atoms with van der Waals surface area (Å²) in [6.45, 7) is 9.06. The van der Waals surface area contributed by atoms with Crippen LogP contribution in [0.4, 0.5) is 8.78 Å². The lowest BCUT2D eigenvalue weighted by Crippen LogP contribution is -2.32. The largest absolute Gasteiger partial charge is 0.313 e. The molecule has 1 nitrogen and oxygen atoms in total. The van der Waals surface area contributed by atoms with E-state index in [9.17, 15) is 8.78 Å². The molecule has 1 N–H and O–H groups in total. The van der Waals surface area contributed by atoms with Gasteiger partial charge >= 0.3 is 0 Å². The highest BCUT2D eigenvalue weighted by atomic mass is 19.1. The van der Waals surface area contributed by atoms with Crippen LogP contribution in [0.5, 0.6) is 0 Å². The highest BCUT2D eigenvalue weighted by molar-refractivity contribution is 5.20. The second kappa shape index (κ2) is 8.05. The van der Waals surface area contributed by atoms with Crippen LogP contribution in [0.25, 0.3) is 0 Å². The topological polar surface area (TPSA) is 12.0 Å². The zero-order valence-corrected chi connectivity index (χ0v) is 11.8. The Bertz CT molecular complexity index is 415.